The maximum Gasteiger partial charge on any atom is 0.331 e. The Balaban J connectivity index is 2.92. The van der Waals surface area contributed by atoms with Crippen molar-refractivity contribution in [1.82, 2.24) is 5.32 Å². The molecule has 1 aromatic carbocycles. The van der Waals surface area contributed by atoms with Crippen molar-refractivity contribution >= 4 is 17.7 Å². The van der Waals surface area contributed by atoms with E-state index < -0.39 is 5.54 Å². The third-order valence-electron chi connectivity index (χ3n) is 2.99. The molecule has 0 amide bonds. The standard InChI is InChI=1S/C14H21NO3S/c1-15-14(13(17)18-2,11-19-10-6-9-16)12-7-4-3-5-8-12/h3-5,7-8,15-16H,6,9-11H2,1-2H3. The number of esters is 1. The van der Waals surface area contributed by atoms with Gasteiger partial charge in [0.2, 0.25) is 0 Å². The molecular weight excluding hydrogens is 262 g/mol. The predicted octanol–water partition coefficient (Wildman–Crippen LogP) is 1.39. The van der Waals surface area contributed by atoms with Crippen molar-refractivity contribution in [2.45, 2.75) is 12.0 Å². The largest absolute Gasteiger partial charge is 0.467 e. The average molecular weight is 283 g/mol. The van der Waals surface area contributed by atoms with Crippen molar-refractivity contribution in [2.24, 2.45) is 0 Å². The van der Waals surface area contributed by atoms with Gasteiger partial charge in [-0.3, -0.25) is 0 Å². The van der Waals surface area contributed by atoms with Crippen LogP contribution in [-0.2, 0) is 15.1 Å². The van der Waals surface area contributed by atoms with Crippen LogP contribution in [0.5, 0.6) is 0 Å². The summed E-state index contributed by atoms with van der Waals surface area (Å²) in [5.74, 6) is 1.09. The molecule has 106 valence electrons. The van der Waals surface area contributed by atoms with Gasteiger partial charge in [-0.2, -0.15) is 11.8 Å². The van der Waals surface area contributed by atoms with Crippen molar-refractivity contribution in [3.05, 3.63) is 35.9 Å². The van der Waals surface area contributed by atoms with E-state index in [0.29, 0.717) is 5.75 Å². The molecule has 1 rings (SSSR count). The van der Waals surface area contributed by atoms with Crippen molar-refractivity contribution < 1.29 is 14.6 Å². The zero-order chi connectivity index (χ0) is 14.1. The maximum atomic E-state index is 12.2. The molecule has 0 saturated carbocycles. The zero-order valence-corrected chi connectivity index (χ0v) is 12.2. The molecule has 2 N–H and O–H groups in total. The second kappa shape index (κ2) is 8.19. The molecule has 0 spiro atoms. The SMILES string of the molecule is CNC(CSCCCO)(C(=O)OC)c1ccccc1. The summed E-state index contributed by atoms with van der Waals surface area (Å²) in [6.45, 7) is 0.170. The molecule has 0 aliphatic heterocycles. The van der Waals surface area contributed by atoms with E-state index >= 15 is 0 Å². The van der Waals surface area contributed by atoms with Crippen LogP contribution < -0.4 is 5.32 Å². The van der Waals surface area contributed by atoms with Crippen LogP contribution in [0.15, 0.2) is 30.3 Å². The van der Waals surface area contributed by atoms with E-state index in [1.54, 1.807) is 18.8 Å². The smallest absolute Gasteiger partial charge is 0.331 e. The summed E-state index contributed by atoms with van der Waals surface area (Å²) in [5, 5.41) is 11.9. The zero-order valence-electron chi connectivity index (χ0n) is 11.4. The fraction of sp³-hybridized carbons (Fsp3) is 0.500. The van der Waals surface area contributed by atoms with Crippen molar-refractivity contribution in [3.63, 3.8) is 0 Å². The maximum absolute atomic E-state index is 12.2. The van der Waals surface area contributed by atoms with Gasteiger partial charge in [-0.15, -0.1) is 0 Å². The van der Waals surface area contributed by atoms with Gasteiger partial charge >= 0.3 is 5.97 Å². The van der Waals surface area contributed by atoms with Gasteiger partial charge in [-0.1, -0.05) is 30.3 Å². The molecule has 19 heavy (non-hydrogen) atoms. The minimum atomic E-state index is -0.837. The van der Waals surface area contributed by atoms with E-state index in [4.69, 9.17) is 9.84 Å². The summed E-state index contributed by atoms with van der Waals surface area (Å²) < 4.78 is 4.95. The van der Waals surface area contributed by atoms with Gasteiger partial charge in [-0.25, -0.2) is 4.79 Å². The third-order valence-corrected chi connectivity index (χ3v) is 4.21. The molecule has 0 heterocycles. The molecule has 5 heteroatoms. The molecule has 4 nitrogen and oxygen atoms in total. The summed E-state index contributed by atoms with van der Waals surface area (Å²) >= 11 is 1.62. The number of rotatable bonds is 8. The highest BCUT2D eigenvalue weighted by Crippen LogP contribution is 2.27. The van der Waals surface area contributed by atoms with Crippen molar-refractivity contribution in [3.8, 4) is 0 Å². The number of hydrogen-bond donors (Lipinski definition) is 2. The number of nitrogens with one attached hydrogen (secondary N) is 1. The summed E-state index contributed by atoms with van der Waals surface area (Å²) in [6, 6.07) is 9.56. The Labute approximate surface area is 118 Å². The number of thioether (sulfide) groups is 1. The van der Waals surface area contributed by atoms with Crippen LogP contribution in [0.3, 0.4) is 0 Å². The topological polar surface area (TPSA) is 58.6 Å². The Hall–Kier alpha value is -1.04. The van der Waals surface area contributed by atoms with E-state index in [1.807, 2.05) is 30.3 Å². The highest BCUT2D eigenvalue weighted by molar-refractivity contribution is 7.99. The highest BCUT2D eigenvalue weighted by Gasteiger charge is 2.39. The van der Waals surface area contributed by atoms with Gasteiger partial charge in [0.1, 0.15) is 0 Å². The van der Waals surface area contributed by atoms with Crippen LogP contribution in [0.2, 0.25) is 0 Å². The van der Waals surface area contributed by atoms with E-state index in [0.717, 1.165) is 17.7 Å². The molecule has 0 saturated heterocycles. The molecule has 0 radical (unpaired) electrons. The van der Waals surface area contributed by atoms with Gasteiger partial charge in [0, 0.05) is 12.4 Å². The number of aliphatic hydroxyl groups is 1. The molecule has 0 aliphatic rings. The number of methoxy groups -OCH3 is 1. The molecule has 0 aromatic heterocycles. The number of ether oxygens (including phenoxy) is 1. The summed E-state index contributed by atoms with van der Waals surface area (Å²) in [5.41, 5.74) is 0.0525. The molecule has 0 bridgehead atoms. The van der Waals surface area contributed by atoms with Gasteiger partial charge in [0.25, 0.3) is 0 Å². The lowest BCUT2D eigenvalue weighted by Gasteiger charge is -2.30. The second-order valence-corrected chi connectivity index (χ2v) is 5.25. The Bertz CT molecular complexity index is 386. The minimum Gasteiger partial charge on any atom is -0.467 e. The van der Waals surface area contributed by atoms with Crippen LogP contribution in [0.25, 0.3) is 0 Å². The lowest BCUT2D eigenvalue weighted by atomic mass is 9.92. The number of likely N-dealkylation sites (N-methyl/N-ethyl adjacent to an activating group) is 1. The molecule has 0 aliphatic carbocycles. The number of carbonyl (C=O) groups is 1. The first-order valence-electron chi connectivity index (χ1n) is 6.22. The van der Waals surface area contributed by atoms with Crippen molar-refractivity contribution in [1.29, 1.82) is 0 Å². The lowest BCUT2D eigenvalue weighted by molar-refractivity contribution is -0.147. The monoisotopic (exact) mass is 283 g/mol. The van der Waals surface area contributed by atoms with E-state index in [2.05, 4.69) is 5.32 Å². The number of carbonyl (C=O) groups excluding carboxylic acids is 1. The molecule has 1 aromatic rings. The average Bonchev–Trinajstić information content (AvgIpc) is 2.48. The molecule has 0 fully saturated rings. The first kappa shape index (κ1) is 16.0. The van der Waals surface area contributed by atoms with Gasteiger partial charge in [-0.05, 0) is 24.8 Å². The normalized spacial score (nSPS) is 13.8. The predicted molar refractivity (Wildman–Crippen MR) is 78.2 cm³/mol. The highest BCUT2D eigenvalue weighted by atomic mass is 32.2. The Morgan fingerprint density at radius 2 is 2.11 bits per heavy atom. The van der Waals surface area contributed by atoms with Crippen LogP contribution in [0.1, 0.15) is 12.0 Å². The minimum absolute atomic E-state index is 0.170. The first-order valence-corrected chi connectivity index (χ1v) is 7.38. The summed E-state index contributed by atoms with van der Waals surface area (Å²) in [7, 11) is 3.16. The van der Waals surface area contributed by atoms with Gasteiger partial charge in [0.15, 0.2) is 5.54 Å². The Morgan fingerprint density at radius 3 is 2.63 bits per heavy atom. The third kappa shape index (κ3) is 3.96. The van der Waals surface area contributed by atoms with E-state index in [1.165, 1.54) is 7.11 Å². The fourth-order valence-electron chi connectivity index (χ4n) is 1.87. The van der Waals surface area contributed by atoms with Crippen LogP contribution in [0.4, 0.5) is 0 Å². The number of benzene rings is 1. The van der Waals surface area contributed by atoms with Crippen LogP contribution in [0, 0.1) is 0 Å². The van der Waals surface area contributed by atoms with E-state index in [-0.39, 0.29) is 12.6 Å². The lowest BCUT2D eigenvalue weighted by Crippen LogP contribution is -2.50. The quantitative estimate of drug-likeness (QED) is 0.558. The van der Waals surface area contributed by atoms with Crippen LogP contribution in [-0.4, -0.2) is 43.3 Å². The molecule has 1 unspecified atom stereocenters. The number of aliphatic hydroxyl groups excluding tert-OH is 1. The van der Waals surface area contributed by atoms with Gasteiger partial charge < -0.3 is 15.2 Å². The Kier molecular flexibility index (Phi) is 6.91. The van der Waals surface area contributed by atoms with E-state index in [9.17, 15) is 4.79 Å². The summed E-state index contributed by atoms with van der Waals surface area (Å²) in [6.07, 6.45) is 0.723. The molecule has 1 atom stereocenters. The Morgan fingerprint density at radius 1 is 1.42 bits per heavy atom. The fourth-order valence-corrected chi connectivity index (χ4v) is 3.08. The van der Waals surface area contributed by atoms with Crippen molar-refractivity contribution in [2.75, 3.05) is 32.3 Å². The second-order valence-electron chi connectivity index (χ2n) is 4.14. The molecular formula is C14H21NO3S. The number of hydrogen-bond acceptors (Lipinski definition) is 5. The summed E-state index contributed by atoms with van der Waals surface area (Å²) in [4.78, 5) is 12.2. The van der Waals surface area contributed by atoms with Crippen LogP contribution >= 0.6 is 11.8 Å². The van der Waals surface area contributed by atoms with Gasteiger partial charge in [0.05, 0.1) is 7.11 Å². The first-order chi connectivity index (χ1) is 9.21.